The largest absolute Gasteiger partial charge is 0.350 e. The maximum absolute atomic E-state index is 12.8. The highest BCUT2D eigenvalue weighted by molar-refractivity contribution is 6.30. The topological polar surface area (TPSA) is 70.2 Å². The molecule has 26 heavy (non-hydrogen) atoms. The van der Waals surface area contributed by atoms with Crippen LogP contribution in [0.3, 0.4) is 0 Å². The lowest BCUT2D eigenvalue weighted by Gasteiger charge is -2.20. The average molecular weight is 394 g/mol. The van der Waals surface area contributed by atoms with Gasteiger partial charge in [-0.15, -0.1) is 12.4 Å². The van der Waals surface area contributed by atoms with Crippen LogP contribution in [0.2, 0.25) is 5.02 Å². The maximum Gasteiger partial charge on any atom is 0.253 e. The van der Waals surface area contributed by atoms with Crippen LogP contribution in [-0.2, 0) is 13.0 Å². The van der Waals surface area contributed by atoms with Gasteiger partial charge in [-0.1, -0.05) is 17.7 Å². The minimum Gasteiger partial charge on any atom is -0.350 e. The third kappa shape index (κ3) is 4.09. The number of carbonyl (C=O) groups is 1. The Hall–Kier alpha value is -1.89. The van der Waals surface area contributed by atoms with Crippen molar-refractivity contribution in [1.29, 1.82) is 0 Å². The lowest BCUT2D eigenvalue weighted by molar-refractivity contribution is 0.0791. The van der Waals surface area contributed by atoms with Crippen LogP contribution in [0.15, 0.2) is 30.6 Å². The van der Waals surface area contributed by atoms with E-state index >= 15 is 0 Å². The predicted molar refractivity (Wildman–Crippen MR) is 104 cm³/mol. The number of likely N-dealkylation sites (tertiary alicyclic amines) is 1. The number of hydrogen-bond acceptors (Lipinski definition) is 5. The number of nitrogens with one attached hydrogen (secondary N) is 2. The molecule has 2 aliphatic heterocycles. The maximum atomic E-state index is 12.8. The second-order valence-electron chi connectivity index (χ2n) is 6.52. The monoisotopic (exact) mass is 393 g/mol. The smallest absolute Gasteiger partial charge is 0.253 e. The molecule has 1 unspecified atom stereocenters. The van der Waals surface area contributed by atoms with Crippen molar-refractivity contribution in [3.05, 3.63) is 52.3 Å². The van der Waals surface area contributed by atoms with Crippen molar-refractivity contribution in [2.45, 2.75) is 25.4 Å². The fourth-order valence-corrected chi connectivity index (χ4v) is 3.53. The molecule has 3 heterocycles. The Morgan fingerprint density at radius 2 is 2.08 bits per heavy atom. The van der Waals surface area contributed by atoms with Gasteiger partial charge in [-0.25, -0.2) is 9.97 Å². The Bertz CT molecular complexity index is 784. The SMILES string of the molecule is Cl.O=C(c1ccc2c(c1)CNCC2)N1CCC(Nc2ncc(Cl)cn2)C1. The number of hydrogen-bond donors (Lipinski definition) is 2. The van der Waals surface area contributed by atoms with Crippen LogP contribution in [0.5, 0.6) is 0 Å². The molecule has 2 N–H and O–H groups in total. The molecule has 0 radical (unpaired) electrons. The van der Waals surface area contributed by atoms with Gasteiger partial charge in [0.15, 0.2) is 0 Å². The first-order valence-corrected chi connectivity index (χ1v) is 8.93. The van der Waals surface area contributed by atoms with Gasteiger partial charge < -0.3 is 15.5 Å². The molecule has 0 saturated carbocycles. The van der Waals surface area contributed by atoms with E-state index in [1.54, 1.807) is 12.4 Å². The molecule has 1 aromatic carbocycles. The van der Waals surface area contributed by atoms with E-state index in [-0.39, 0.29) is 24.4 Å². The molecule has 1 saturated heterocycles. The molecule has 4 rings (SSSR count). The molecular formula is C18H21Cl2N5O. The van der Waals surface area contributed by atoms with Gasteiger partial charge in [0.1, 0.15) is 0 Å². The summed E-state index contributed by atoms with van der Waals surface area (Å²) in [6.45, 7) is 3.24. The van der Waals surface area contributed by atoms with E-state index in [1.807, 2.05) is 17.0 Å². The van der Waals surface area contributed by atoms with E-state index in [9.17, 15) is 4.79 Å². The van der Waals surface area contributed by atoms with E-state index in [1.165, 1.54) is 11.1 Å². The normalized spacial score (nSPS) is 18.8. The van der Waals surface area contributed by atoms with E-state index in [2.05, 4.69) is 26.7 Å². The van der Waals surface area contributed by atoms with Gasteiger partial charge in [-0.05, 0) is 42.6 Å². The van der Waals surface area contributed by atoms with Gasteiger partial charge in [0, 0.05) is 31.2 Å². The highest BCUT2D eigenvalue weighted by Crippen LogP contribution is 2.20. The van der Waals surface area contributed by atoms with Gasteiger partial charge >= 0.3 is 0 Å². The Morgan fingerprint density at radius 1 is 1.27 bits per heavy atom. The van der Waals surface area contributed by atoms with E-state index in [0.717, 1.165) is 38.0 Å². The third-order valence-corrected chi connectivity index (χ3v) is 4.96. The first-order chi connectivity index (χ1) is 12.2. The number of benzene rings is 1. The van der Waals surface area contributed by atoms with Crippen molar-refractivity contribution in [3.8, 4) is 0 Å². The fraction of sp³-hybridized carbons (Fsp3) is 0.389. The number of nitrogens with zero attached hydrogens (tertiary/aromatic N) is 3. The molecule has 1 atom stereocenters. The number of aromatic nitrogens is 2. The van der Waals surface area contributed by atoms with Crippen molar-refractivity contribution < 1.29 is 4.79 Å². The Labute approximate surface area is 163 Å². The van der Waals surface area contributed by atoms with E-state index in [4.69, 9.17) is 11.6 Å². The molecule has 0 aliphatic carbocycles. The van der Waals surface area contributed by atoms with Crippen LogP contribution in [0.25, 0.3) is 0 Å². The highest BCUT2D eigenvalue weighted by Gasteiger charge is 2.27. The first kappa shape index (κ1) is 18.9. The predicted octanol–water partition coefficient (Wildman–Crippen LogP) is 2.52. The summed E-state index contributed by atoms with van der Waals surface area (Å²) in [4.78, 5) is 23.0. The van der Waals surface area contributed by atoms with E-state index < -0.39 is 0 Å². The van der Waals surface area contributed by atoms with Crippen molar-refractivity contribution in [3.63, 3.8) is 0 Å². The standard InChI is InChI=1S/C18H20ClN5O.ClH/c19-15-9-21-18(22-10-15)23-16-4-6-24(11-16)17(25)13-2-1-12-3-5-20-8-14(12)7-13;/h1-2,7,9-10,16,20H,3-6,8,11H2,(H,21,22,23);1H. The zero-order valence-electron chi connectivity index (χ0n) is 14.2. The molecule has 0 bridgehead atoms. The van der Waals surface area contributed by atoms with Crippen LogP contribution in [0.1, 0.15) is 27.9 Å². The van der Waals surface area contributed by atoms with Gasteiger partial charge in [-0.3, -0.25) is 4.79 Å². The molecule has 6 nitrogen and oxygen atoms in total. The summed E-state index contributed by atoms with van der Waals surface area (Å²) in [5, 5.41) is 7.14. The summed E-state index contributed by atoms with van der Waals surface area (Å²) >= 11 is 5.80. The number of halogens is 2. The van der Waals surface area contributed by atoms with Gasteiger partial charge in [0.2, 0.25) is 5.95 Å². The lowest BCUT2D eigenvalue weighted by Crippen LogP contribution is -2.32. The summed E-state index contributed by atoms with van der Waals surface area (Å²) in [5.74, 6) is 0.637. The number of carbonyl (C=O) groups excluding carboxylic acids is 1. The molecule has 138 valence electrons. The zero-order valence-corrected chi connectivity index (χ0v) is 15.8. The van der Waals surface area contributed by atoms with Crippen molar-refractivity contribution in [1.82, 2.24) is 20.2 Å². The summed E-state index contributed by atoms with van der Waals surface area (Å²) < 4.78 is 0. The van der Waals surface area contributed by atoms with Crippen molar-refractivity contribution in [2.75, 3.05) is 25.0 Å². The highest BCUT2D eigenvalue weighted by atomic mass is 35.5. The minimum atomic E-state index is 0. The molecule has 1 aromatic heterocycles. The second-order valence-corrected chi connectivity index (χ2v) is 6.95. The van der Waals surface area contributed by atoms with Crippen LogP contribution in [-0.4, -0.2) is 46.5 Å². The number of amides is 1. The molecule has 1 amide bonds. The van der Waals surface area contributed by atoms with Gasteiger partial charge in [0.25, 0.3) is 5.91 Å². The van der Waals surface area contributed by atoms with Crippen LogP contribution in [0, 0.1) is 0 Å². The molecule has 2 aliphatic rings. The molecule has 2 aromatic rings. The molecule has 1 fully saturated rings. The Balaban J connectivity index is 0.00000196. The fourth-order valence-electron chi connectivity index (χ4n) is 3.43. The van der Waals surface area contributed by atoms with Gasteiger partial charge in [-0.2, -0.15) is 0 Å². The molecule has 8 heteroatoms. The second kappa shape index (κ2) is 8.20. The minimum absolute atomic E-state index is 0. The summed E-state index contributed by atoms with van der Waals surface area (Å²) in [5.41, 5.74) is 3.35. The summed E-state index contributed by atoms with van der Waals surface area (Å²) in [6.07, 6.45) is 5.04. The molecule has 0 spiro atoms. The Kier molecular flexibility index (Phi) is 5.96. The number of fused-ring (bicyclic) bond motifs is 1. The third-order valence-electron chi connectivity index (χ3n) is 4.77. The first-order valence-electron chi connectivity index (χ1n) is 8.55. The van der Waals surface area contributed by atoms with Crippen LogP contribution >= 0.6 is 24.0 Å². The average Bonchev–Trinajstić information content (AvgIpc) is 3.11. The Morgan fingerprint density at radius 3 is 2.88 bits per heavy atom. The quantitative estimate of drug-likeness (QED) is 0.838. The van der Waals surface area contributed by atoms with E-state index in [0.29, 0.717) is 17.5 Å². The molecular weight excluding hydrogens is 373 g/mol. The number of rotatable bonds is 3. The van der Waals surface area contributed by atoms with Gasteiger partial charge in [0.05, 0.1) is 17.4 Å². The number of anilines is 1. The van der Waals surface area contributed by atoms with Crippen LogP contribution < -0.4 is 10.6 Å². The summed E-state index contributed by atoms with van der Waals surface area (Å²) in [6, 6.07) is 6.24. The van der Waals surface area contributed by atoms with Crippen LogP contribution in [0.4, 0.5) is 5.95 Å². The van der Waals surface area contributed by atoms with Crippen molar-refractivity contribution in [2.24, 2.45) is 0 Å². The summed E-state index contributed by atoms with van der Waals surface area (Å²) in [7, 11) is 0. The lowest BCUT2D eigenvalue weighted by atomic mass is 9.98. The van der Waals surface area contributed by atoms with Crippen molar-refractivity contribution >= 4 is 35.9 Å². The zero-order chi connectivity index (χ0) is 17.2.